The Morgan fingerprint density at radius 1 is 1.56 bits per heavy atom. The number of aromatic nitrogens is 1. The van der Waals surface area contributed by atoms with Crippen molar-refractivity contribution < 1.29 is 27.8 Å². The highest BCUT2D eigenvalue weighted by molar-refractivity contribution is 14.1. The van der Waals surface area contributed by atoms with Gasteiger partial charge < -0.3 is 9.84 Å². The van der Waals surface area contributed by atoms with Gasteiger partial charge in [-0.2, -0.15) is 0 Å². The Hall–Kier alpha value is -0.580. The van der Waals surface area contributed by atoms with Gasteiger partial charge in [-0.3, -0.25) is 4.79 Å². The molecule has 1 N–H and O–H groups in total. The zero-order valence-corrected chi connectivity index (χ0v) is 12.3. The molecule has 4 nitrogen and oxygen atoms in total. The normalized spacial score (nSPS) is 11.4. The van der Waals surface area contributed by atoms with Crippen LogP contribution in [0.2, 0.25) is 0 Å². The highest BCUT2D eigenvalue weighted by Crippen LogP contribution is 2.28. The summed E-state index contributed by atoms with van der Waals surface area (Å²) in [5.74, 6) is -1.98. The number of pyridine rings is 1. The third kappa shape index (κ3) is 4.59. The molecule has 0 unspecified atom stereocenters. The molecule has 1 aromatic rings. The fraction of sp³-hybridized carbons (Fsp3) is 0.333. The van der Waals surface area contributed by atoms with Crippen LogP contribution in [0, 0.1) is 3.57 Å². The van der Waals surface area contributed by atoms with Crippen LogP contribution in [-0.4, -0.2) is 22.4 Å². The van der Waals surface area contributed by atoms with Crippen molar-refractivity contribution in [3.63, 3.8) is 0 Å². The van der Waals surface area contributed by atoms with Crippen molar-refractivity contribution in [2.75, 3.05) is 0 Å². The van der Waals surface area contributed by atoms with E-state index >= 15 is 0 Å². The molecule has 100 valence electrons. The molecule has 0 aliphatic rings. The van der Waals surface area contributed by atoms with Crippen LogP contribution >= 0.6 is 38.5 Å². The second-order valence-corrected chi connectivity index (χ2v) is 4.86. The first-order valence-electron chi connectivity index (χ1n) is 4.44. The number of hydrogen-bond donors (Lipinski definition) is 1. The van der Waals surface area contributed by atoms with E-state index in [0.29, 0.717) is 9.26 Å². The molecule has 0 spiro atoms. The summed E-state index contributed by atoms with van der Waals surface area (Å²) in [5, 5.41) is 8.87. The van der Waals surface area contributed by atoms with E-state index in [0.717, 1.165) is 0 Å². The van der Waals surface area contributed by atoms with Crippen molar-refractivity contribution in [3.05, 3.63) is 20.9 Å². The standard InChI is InChI=1S/C9H6BrF3INO3/c10-3-6-5(14)1-4(2-7(16)17)8(15-6)18-9(11,12)13/h1H,2-3H2,(H,16,17). The molecule has 18 heavy (non-hydrogen) atoms. The van der Waals surface area contributed by atoms with Crippen molar-refractivity contribution in [1.82, 2.24) is 4.98 Å². The van der Waals surface area contributed by atoms with E-state index in [9.17, 15) is 18.0 Å². The number of aliphatic carboxylic acids is 1. The van der Waals surface area contributed by atoms with Gasteiger partial charge in [0.2, 0.25) is 5.88 Å². The Kier molecular flexibility index (Phi) is 5.20. The number of hydrogen-bond acceptors (Lipinski definition) is 3. The molecular weight excluding hydrogens is 434 g/mol. The third-order valence-corrected chi connectivity index (χ3v) is 3.23. The third-order valence-electron chi connectivity index (χ3n) is 1.77. The molecule has 1 aromatic heterocycles. The van der Waals surface area contributed by atoms with Gasteiger partial charge in [-0.1, -0.05) is 15.9 Å². The Bertz CT molecular complexity index is 467. The number of ether oxygens (including phenoxy) is 1. The van der Waals surface area contributed by atoms with Crippen molar-refractivity contribution in [3.8, 4) is 5.88 Å². The summed E-state index contributed by atoms with van der Waals surface area (Å²) in [7, 11) is 0. The molecule has 0 amide bonds. The Balaban J connectivity index is 3.21. The summed E-state index contributed by atoms with van der Waals surface area (Å²) in [5.41, 5.74) is 0.234. The van der Waals surface area contributed by atoms with Gasteiger partial charge in [-0.05, 0) is 28.7 Å². The van der Waals surface area contributed by atoms with E-state index in [2.05, 4.69) is 25.7 Å². The van der Waals surface area contributed by atoms with E-state index in [1.165, 1.54) is 6.07 Å². The lowest BCUT2D eigenvalue weighted by atomic mass is 10.2. The Morgan fingerprint density at radius 3 is 2.61 bits per heavy atom. The van der Waals surface area contributed by atoms with Crippen molar-refractivity contribution in [1.29, 1.82) is 0 Å². The van der Waals surface area contributed by atoms with Crippen LogP contribution in [-0.2, 0) is 16.5 Å². The highest BCUT2D eigenvalue weighted by Gasteiger charge is 2.33. The highest BCUT2D eigenvalue weighted by atomic mass is 127. The lowest BCUT2D eigenvalue weighted by molar-refractivity contribution is -0.276. The average molecular weight is 440 g/mol. The zero-order valence-electron chi connectivity index (χ0n) is 8.59. The van der Waals surface area contributed by atoms with E-state index in [-0.39, 0.29) is 10.9 Å². The molecule has 0 saturated heterocycles. The van der Waals surface area contributed by atoms with Gasteiger partial charge in [0.15, 0.2) is 0 Å². The molecule has 0 fully saturated rings. The van der Waals surface area contributed by atoms with Crippen LogP contribution in [0.25, 0.3) is 0 Å². The number of alkyl halides is 4. The first-order chi connectivity index (χ1) is 8.23. The first kappa shape index (κ1) is 15.5. The number of nitrogens with zero attached hydrogens (tertiary/aromatic N) is 1. The molecule has 0 aromatic carbocycles. The van der Waals surface area contributed by atoms with E-state index in [4.69, 9.17) is 5.11 Å². The van der Waals surface area contributed by atoms with Gasteiger partial charge in [0, 0.05) is 14.5 Å². The van der Waals surface area contributed by atoms with E-state index in [1.807, 2.05) is 22.6 Å². The maximum Gasteiger partial charge on any atom is 0.574 e. The summed E-state index contributed by atoms with van der Waals surface area (Å²) in [6.45, 7) is 0. The molecule has 0 bridgehead atoms. The van der Waals surface area contributed by atoms with Crippen LogP contribution in [0.3, 0.4) is 0 Å². The van der Waals surface area contributed by atoms with Crippen molar-refractivity contribution in [2.24, 2.45) is 0 Å². The number of carbonyl (C=O) groups is 1. The van der Waals surface area contributed by atoms with Gasteiger partial charge in [0.1, 0.15) is 0 Å². The van der Waals surface area contributed by atoms with Gasteiger partial charge in [0.05, 0.1) is 12.1 Å². The summed E-state index contributed by atoms with van der Waals surface area (Å²) in [6, 6.07) is 1.32. The number of rotatable bonds is 4. The molecule has 1 heterocycles. The molecule has 0 atom stereocenters. The lowest BCUT2D eigenvalue weighted by Crippen LogP contribution is -2.20. The molecule has 1 rings (SSSR count). The number of halogens is 5. The monoisotopic (exact) mass is 439 g/mol. The van der Waals surface area contributed by atoms with E-state index < -0.39 is 24.6 Å². The maximum absolute atomic E-state index is 12.2. The molecular formula is C9H6BrF3INO3. The lowest BCUT2D eigenvalue weighted by Gasteiger charge is -2.13. The fourth-order valence-corrected chi connectivity index (χ4v) is 2.77. The largest absolute Gasteiger partial charge is 0.574 e. The molecule has 0 aliphatic carbocycles. The summed E-state index contributed by atoms with van der Waals surface area (Å²) in [4.78, 5) is 14.2. The number of carboxylic acids is 1. The predicted octanol–water partition coefficient (Wildman–Crippen LogP) is 3.11. The van der Waals surface area contributed by atoms with Gasteiger partial charge in [0.25, 0.3) is 0 Å². The fourth-order valence-electron chi connectivity index (χ4n) is 1.13. The van der Waals surface area contributed by atoms with Crippen molar-refractivity contribution in [2.45, 2.75) is 18.1 Å². The minimum absolute atomic E-state index is 0.117. The molecule has 0 saturated carbocycles. The zero-order chi connectivity index (χ0) is 13.9. The van der Waals surface area contributed by atoms with Gasteiger partial charge in [-0.15, -0.1) is 13.2 Å². The first-order valence-corrected chi connectivity index (χ1v) is 6.64. The second kappa shape index (κ2) is 6.04. The maximum atomic E-state index is 12.2. The van der Waals surface area contributed by atoms with Crippen LogP contribution in [0.5, 0.6) is 5.88 Å². The van der Waals surface area contributed by atoms with Crippen LogP contribution in [0.4, 0.5) is 13.2 Å². The SMILES string of the molecule is O=C(O)Cc1cc(I)c(CBr)nc1OC(F)(F)F. The van der Waals surface area contributed by atoms with Crippen molar-refractivity contribution >= 4 is 44.5 Å². The van der Waals surface area contributed by atoms with Gasteiger partial charge in [-0.25, -0.2) is 4.98 Å². The summed E-state index contributed by atoms with van der Waals surface area (Å²) in [6.07, 6.45) is -5.49. The van der Waals surface area contributed by atoms with E-state index in [1.54, 1.807) is 0 Å². The topological polar surface area (TPSA) is 59.4 Å². The molecule has 9 heteroatoms. The average Bonchev–Trinajstić information content (AvgIpc) is 2.19. The van der Waals surface area contributed by atoms with Crippen LogP contribution in [0.1, 0.15) is 11.3 Å². The summed E-state index contributed by atoms with van der Waals surface area (Å²) >= 11 is 4.94. The molecule has 0 radical (unpaired) electrons. The van der Waals surface area contributed by atoms with Gasteiger partial charge >= 0.3 is 12.3 Å². The quantitative estimate of drug-likeness (QED) is 0.578. The smallest absolute Gasteiger partial charge is 0.481 e. The second-order valence-electron chi connectivity index (χ2n) is 3.13. The molecule has 0 aliphatic heterocycles. The Labute approximate surface area is 122 Å². The Morgan fingerprint density at radius 2 is 2.17 bits per heavy atom. The van der Waals surface area contributed by atoms with Crippen LogP contribution in [0.15, 0.2) is 6.07 Å². The minimum Gasteiger partial charge on any atom is -0.481 e. The number of carboxylic acid groups (broad SMARTS) is 1. The minimum atomic E-state index is -4.91. The van der Waals surface area contributed by atoms with Crippen LogP contribution < -0.4 is 4.74 Å². The predicted molar refractivity (Wildman–Crippen MR) is 67.6 cm³/mol. The summed E-state index contributed by atoms with van der Waals surface area (Å²) < 4.78 is 40.8.